The zero-order valence-corrected chi connectivity index (χ0v) is 15.8. The summed E-state index contributed by atoms with van der Waals surface area (Å²) in [5, 5.41) is 3.48. The number of ketones is 1. The van der Waals surface area contributed by atoms with Crippen molar-refractivity contribution in [3.63, 3.8) is 0 Å². The quantitative estimate of drug-likeness (QED) is 0.877. The maximum absolute atomic E-state index is 12.8. The van der Waals surface area contributed by atoms with Crippen molar-refractivity contribution in [2.24, 2.45) is 0 Å². The van der Waals surface area contributed by atoms with Crippen LogP contribution >= 0.6 is 0 Å². The second-order valence-electron chi connectivity index (χ2n) is 6.79. The van der Waals surface area contributed by atoms with E-state index in [1.165, 1.54) is 0 Å². The summed E-state index contributed by atoms with van der Waals surface area (Å²) in [4.78, 5) is 12.8. The number of nitrogens with one attached hydrogen (secondary N) is 1. The minimum absolute atomic E-state index is 0.130. The second kappa shape index (κ2) is 6.99. The predicted octanol–water partition coefficient (Wildman–Crippen LogP) is 4.28. The van der Waals surface area contributed by atoms with Crippen molar-refractivity contribution in [2.75, 3.05) is 26.6 Å². The van der Waals surface area contributed by atoms with Gasteiger partial charge >= 0.3 is 0 Å². The maximum atomic E-state index is 12.8. The fourth-order valence-electron chi connectivity index (χ4n) is 4.03. The van der Waals surface area contributed by atoms with Crippen molar-refractivity contribution in [1.82, 2.24) is 0 Å². The molecule has 2 aromatic rings. The first-order chi connectivity index (χ1) is 13.2. The van der Waals surface area contributed by atoms with E-state index >= 15 is 0 Å². The molecule has 1 aliphatic heterocycles. The molecule has 5 heteroatoms. The van der Waals surface area contributed by atoms with E-state index in [0.717, 1.165) is 46.7 Å². The molecule has 0 saturated heterocycles. The van der Waals surface area contributed by atoms with E-state index in [4.69, 9.17) is 14.2 Å². The van der Waals surface area contributed by atoms with Gasteiger partial charge in [-0.05, 0) is 42.2 Å². The van der Waals surface area contributed by atoms with E-state index in [1.54, 1.807) is 21.3 Å². The summed E-state index contributed by atoms with van der Waals surface area (Å²) in [6.07, 6.45) is 2.35. The molecule has 0 aromatic heterocycles. The van der Waals surface area contributed by atoms with Crippen LogP contribution < -0.4 is 19.5 Å². The summed E-state index contributed by atoms with van der Waals surface area (Å²) in [6.45, 7) is 0. The lowest BCUT2D eigenvalue weighted by atomic mass is 9.75. The monoisotopic (exact) mass is 365 g/mol. The van der Waals surface area contributed by atoms with E-state index in [1.807, 2.05) is 36.4 Å². The number of anilines is 1. The lowest BCUT2D eigenvalue weighted by Crippen LogP contribution is -2.27. The Kier molecular flexibility index (Phi) is 4.52. The summed E-state index contributed by atoms with van der Waals surface area (Å²) in [6, 6.07) is 11.9. The number of carbonyl (C=O) groups excluding carboxylic acids is 1. The first-order valence-corrected chi connectivity index (χ1v) is 9.09. The molecule has 0 fully saturated rings. The van der Waals surface area contributed by atoms with Crippen LogP contribution in [-0.4, -0.2) is 27.1 Å². The highest BCUT2D eigenvalue weighted by Gasteiger charge is 2.35. The summed E-state index contributed by atoms with van der Waals surface area (Å²) >= 11 is 0. The van der Waals surface area contributed by atoms with Crippen LogP contribution in [0.4, 0.5) is 5.69 Å². The molecule has 1 heterocycles. The molecule has 2 aromatic carbocycles. The number of allylic oxidation sites excluding steroid dienone is 2. The molecule has 2 aliphatic rings. The van der Waals surface area contributed by atoms with Gasteiger partial charge in [-0.2, -0.15) is 0 Å². The van der Waals surface area contributed by atoms with E-state index in [0.29, 0.717) is 17.9 Å². The predicted molar refractivity (Wildman–Crippen MR) is 104 cm³/mol. The van der Waals surface area contributed by atoms with Crippen molar-refractivity contribution < 1.29 is 19.0 Å². The summed E-state index contributed by atoms with van der Waals surface area (Å²) in [7, 11) is 4.90. The average molecular weight is 365 g/mol. The van der Waals surface area contributed by atoms with Gasteiger partial charge in [0.25, 0.3) is 0 Å². The normalized spacial score (nSPS) is 18.3. The molecule has 0 radical (unpaired) electrons. The first kappa shape index (κ1) is 17.5. The largest absolute Gasteiger partial charge is 0.497 e. The third kappa shape index (κ3) is 2.93. The molecule has 0 amide bonds. The van der Waals surface area contributed by atoms with Gasteiger partial charge in [-0.15, -0.1) is 0 Å². The van der Waals surface area contributed by atoms with Crippen LogP contribution in [0.2, 0.25) is 0 Å². The minimum atomic E-state index is -0.130. The van der Waals surface area contributed by atoms with Crippen LogP contribution in [0.5, 0.6) is 17.2 Å². The average Bonchev–Trinajstić information content (AvgIpc) is 2.71. The number of fused-ring (bicyclic) bond motifs is 1. The van der Waals surface area contributed by atoms with E-state index in [9.17, 15) is 4.79 Å². The molecule has 5 nitrogen and oxygen atoms in total. The van der Waals surface area contributed by atoms with Gasteiger partial charge in [0.15, 0.2) is 17.3 Å². The number of ether oxygens (including phenoxy) is 3. The number of hydrogen-bond acceptors (Lipinski definition) is 5. The molecule has 0 saturated carbocycles. The molecule has 1 atom stereocenters. The van der Waals surface area contributed by atoms with Crippen LogP contribution in [0.3, 0.4) is 0 Å². The molecule has 1 N–H and O–H groups in total. The number of hydrogen-bond donors (Lipinski definition) is 1. The molecule has 4 rings (SSSR count). The van der Waals surface area contributed by atoms with Gasteiger partial charge < -0.3 is 19.5 Å². The Morgan fingerprint density at radius 1 is 0.926 bits per heavy atom. The highest BCUT2D eigenvalue weighted by molar-refractivity contribution is 6.01. The maximum Gasteiger partial charge on any atom is 0.162 e. The lowest BCUT2D eigenvalue weighted by molar-refractivity contribution is -0.116. The number of Topliss-reactive ketones (excluding diaryl/α,β-unsaturated/α-hetero) is 1. The zero-order valence-electron chi connectivity index (χ0n) is 15.8. The Balaban J connectivity index is 1.92. The van der Waals surface area contributed by atoms with Crippen molar-refractivity contribution in [3.8, 4) is 17.2 Å². The van der Waals surface area contributed by atoms with E-state index in [-0.39, 0.29) is 11.7 Å². The Morgan fingerprint density at radius 2 is 1.63 bits per heavy atom. The van der Waals surface area contributed by atoms with Gasteiger partial charge in [0, 0.05) is 35.4 Å². The Morgan fingerprint density at radius 3 is 2.30 bits per heavy atom. The van der Waals surface area contributed by atoms with Gasteiger partial charge in [-0.25, -0.2) is 0 Å². The van der Waals surface area contributed by atoms with Crippen molar-refractivity contribution in [3.05, 3.63) is 58.8 Å². The number of methoxy groups -OCH3 is 3. The smallest absolute Gasteiger partial charge is 0.162 e. The third-order valence-corrected chi connectivity index (χ3v) is 5.35. The molecule has 0 unspecified atom stereocenters. The number of carbonyl (C=O) groups is 1. The minimum Gasteiger partial charge on any atom is -0.497 e. The molecule has 0 spiro atoms. The van der Waals surface area contributed by atoms with Crippen molar-refractivity contribution in [1.29, 1.82) is 0 Å². The van der Waals surface area contributed by atoms with Gasteiger partial charge in [-0.3, -0.25) is 4.79 Å². The zero-order chi connectivity index (χ0) is 19.0. The van der Waals surface area contributed by atoms with Crippen molar-refractivity contribution >= 4 is 11.5 Å². The molecule has 0 bridgehead atoms. The topological polar surface area (TPSA) is 56.8 Å². The fourth-order valence-corrected chi connectivity index (χ4v) is 4.03. The van der Waals surface area contributed by atoms with Crippen LogP contribution in [0.15, 0.2) is 47.7 Å². The number of rotatable bonds is 4. The number of benzene rings is 2. The van der Waals surface area contributed by atoms with Gasteiger partial charge in [0.1, 0.15) is 5.75 Å². The third-order valence-electron chi connectivity index (χ3n) is 5.35. The molecule has 27 heavy (non-hydrogen) atoms. The van der Waals surface area contributed by atoms with E-state index < -0.39 is 0 Å². The van der Waals surface area contributed by atoms with Crippen LogP contribution in [0.25, 0.3) is 0 Å². The van der Waals surface area contributed by atoms with Crippen LogP contribution in [0.1, 0.15) is 36.3 Å². The Labute approximate surface area is 158 Å². The van der Waals surface area contributed by atoms with E-state index in [2.05, 4.69) is 5.32 Å². The van der Waals surface area contributed by atoms with Crippen LogP contribution in [0, 0.1) is 0 Å². The van der Waals surface area contributed by atoms with Gasteiger partial charge in [0.2, 0.25) is 0 Å². The SMILES string of the molecule is COc1ccc([C@@H]2C3=C(CCCC3=O)Nc3cc(OC)c(OC)cc32)cc1. The molecular weight excluding hydrogens is 342 g/mol. The molecule has 1 aliphatic carbocycles. The van der Waals surface area contributed by atoms with Gasteiger partial charge in [-0.1, -0.05) is 12.1 Å². The lowest BCUT2D eigenvalue weighted by Gasteiger charge is -2.34. The molecule has 140 valence electrons. The fraction of sp³-hybridized carbons (Fsp3) is 0.318. The standard InChI is InChI=1S/C22H23NO4/c1-25-14-9-7-13(8-10-14)21-15-11-19(26-2)20(27-3)12-17(15)23-16-5-4-6-18(24)22(16)21/h7-12,21,23H,4-6H2,1-3H3/t21-/m0/s1. The first-order valence-electron chi connectivity index (χ1n) is 9.09. The van der Waals surface area contributed by atoms with Crippen LogP contribution in [-0.2, 0) is 4.79 Å². The second-order valence-corrected chi connectivity index (χ2v) is 6.79. The summed E-state index contributed by atoms with van der Waals surface area (Å²) in [5.41, 5.74) is 4.93. The summed E-state index contributed by atoms with van der Waals surface area (Å²) < 4.78 is 16.3. The Bertz CT molecular complexity index is 915. The Hall–Kier alpha value is -2.95. The van der Waals surface area contributed by atoms with Crippen molar-refractivity contribution in [2.45, 2.75) is 25.2 Å². The summed E-state index contributed by atoms with van der Waals surface area (Å²) in [5.74, 6) is 2.21. The molecular formula is C22H23NO4. The highest BCUT2D eigenvalue weighted by Crippen LogP contribution is 2.48. The highest BCUT2D eigenvalue weighted by atomic mass is 16.5. The van der Waals surface area contributed by atoms with Gasteiger partial charge in [0.05, 0.1) is 21.3 Å².